The maximum Gasteiger partial charge on any atom is 0.318 e. The number of alkyl halides is 1. The predicted octanol–water partition coefficient (Wildman–Crippen LogP) is 4.88. The van der Waals surface area contributed by atoms with E-state index in [1.807, 2.05) is 17.0 Å². The summed E-state index contributed by atoms with van der Waals surface area (Å²) in [4.78, 5) is 27.5. The second-order valence-electron chi connectivity index (χ2n) is 11.8. The first-order valence-corrected chi connectivity index (χ1v) is 15.0. The molecule has 2 fully saturated rings. The molecule has 8 nitrogen and oxygen atoms in total. The molecule has 3 aliphatic rings. The Morgan fingerprint density at radius 2 is 2.00 bits per heavy atom. The number of benzene rings is 1. The molecule has 5 rings (SSSR count). The van der Waals surface area contributed by atoms with E-state index in [-0.39, 0.29) is 37.5 Å². The summed E-state index contributed by atoms with van der Waals surface area (Å²) in [5.74, 6) is -1.44. The molecule has 2 aliphatic heterocycles. The van der Waals surface area contributed by atoms with Crippen molar-refractivity contribution in [3.63, 3.8) is 0 Å². The van der Waals surface area contributed by atoms with Crippen LogP contribution in [0.1, 0.15) is 60.7 Å². The Labute approximate surface area is 247 Å². The van der Waals surface area contributed by atoms with Crippen LogP contribution in [0.25, 0.3) is 0 Å². The number of aryl methyl sites for hydroxylation is 2. The fraction of sp³-hybridized carbons (Fsp3) is 0.562. The van der Waals surface area contributed by atoms with Crippen LogP contribution in [0.5, 0.6) is 6.01 Å². The molecule has 1 aromatic carbocycles. The van der Waals surface area contributed by atoms with E-state index in [0.29, 0.717) is 43.9 Å². The van der Waals surface area contributed by atoms with Crippen molar-refractivity contribution in [2.75, 3.05) is 44.7 Å². The van der Waals surface area contributed by atoms with Crippen LogP contribution in [0.4, 0.5) is 14.6 Å². The van der Waals surface area contributed by atoms with Crippen molar-refractivity contribution in [3.05, 3.63) is 59.1 Å². The van der Waals surface area contributed by atoms with Gasteiger partial charge < -0.3 is 19.4 Å². The number of nitriles is 1. The number of aromatic nitrogens is 2. The van der Waals surface area contributed by atoms with Gasteiger partial charge in [0.1, 0.15) is 18.6 Å². The third-order valence-corrected chi connectivity index (χ3v) is 9.16. The van der Waals surface area contributed by atoms with Gasteiger partial charge in [0.25, 0.3) is 5.91 Å². The summed E-state index contributed by atoms with van der Waals surface area (Å²) in [6.45, 7) is 7.49. The molecule has 0 N–H and O–H groups in total. The van der Waals surface area contributed by atoms with E-state index in [9.17, 15) is 14.4 Å². The third-order valence-electron chi connectivity index (χ3n) is 9.16. The van der Waals surface area contributed by atoms with Gasteiger partial charge in [-0.2, -0.15) is 15.2 Å². The second kappa shape index (κ2) is 13.2. The van der Waals surface area contributed by atoms with Gasteiger partial charge in [0.15, 0.2) is 5.83 Å². The van der Waals surface area contributed by atoms with Gasteiger partial charge in [0, 0.05) is 31.2 Å². The Bertz CT molecular complexity index is 1350. The molecular formula is C32H40F2N6O2. The third kappa shape index (κ3) is 6.41. The molecule has 0 radical (unpaired) electrons. The fourth-order valence-corrected chi connectivity index (χ4v) is 6.60. The van der Waals surface area contributed by atoms with Crippen molar-refractivity contribution in [2.24, 2.45) is 5.92 Å². The number of fused-ring (bicyclic) bond motifs is 1. The van der Waals surface area contributed by atoms with Gasteiger partial charge >= 0.3 is 6.01 Å². The highest BCUT2D eigenvalue weighted by Gasteiger charge is 2.38. The summed E-state index contributed by atoms with van der Waals surface area (Å²) in [6, 6.07) is 10.2. The molecule has 1 aromatic heterocycles. The highest BCUT2D eigenvalue weighted by molar-refractivity contribution is 5.91. The number of ether oxygens (including phenoxy) is 1. The molecule has 0 bridgehead atoms. The van der Waals surface area contributed by atoms with Gasteiger partial charge in [-0.25, -0.2) is 8.78 Å². The minimum Gasteiger partial charge on any atom is -0.462 e. The molecule has 4 unspecified atom stereocenters. The van der Waals surface area contributed by atoms with Crippen molar-refractivity contribution >= 4 is 11.7 Å². The molecule has 2 saturated heterocycles. The number of hydrogen-bond acceptors (Lipinski definition) is 7. The van der Waals surface area contributed by atoms with E-state index >= 15 is 4.39 Å². The Kier molecular flexibility index (Phi) is 9.37. The zero-order valence-electron chi connectivity index (χ0n) is 24.6. The molecule has 224 valence electrons. The number of likely N-dealkylation sites (N-methyl/N-ethyl adjacent to an activating group) is 1. The number of amides is 1. The van der Waals surface area contributed by atoms with Crippen molar-refractivity contribution in [3.8, 4) is 12.1 Å². The quantitative estimate of drug-likeness (QED) is 0.392. The average molecular weight is 579 g/mol. The molecule has 3 heterocycles. The molecule has 10 heteroatoms. The minimum atomic E-state index is -1.26. The van der Waals surface area contributed by atoms with Crippen LogP contribution < -0.4 is 9.64 Å². The van der Waals surface area contributed by atoms with E-state index in [1.54, 1.807) is 0 Å². The molecule has 0 saturated carbocycles. The van der Waals surface area contributed by atoms with E-state index < -0.39 is 23.9 Å². The Morgan fingerprint density at radius 1 is 1.19 bits per heavy atom. The zero-order chi connectivity index (χ0) is 29.8. The monoisotopic (exact) mass is 578 g/mol. The molecule has 0 spiro atoms. The lowest BCUT2D eigenvalue weighted by Gasteiger charge is -2.42. The molecule has 42 heavy (non-hydrogen) atoms. The van der Waals surface area contributed by atoms with Crippen LogP contribution in [0, 0.1) is 24.2 Å². The summed E-state index contributed by atoms with van der Waals surface area (Å²) in [5.41, 5.74) is 3.58. The zero-order valence-corrected chi connectivity index (χ0v) is 24.6. The van der Waals surface area contributed by atoms with Crippen LogP contribution in [0.15, 0.2) is 36.7 Å². The minimum absolute atomic E-state index is 0.0346. The van der Waals surface area contributed by atoms with Crippen LogP contribution in [0.3, 0.4) is 0 Å². The number of piperazine rings is 1. The second-order valence-corrected chi connectivity index (χ2v) is 11.8. The highest BCUT2D eigenvalue weighted by atomic mass is 19.1. The van der Waals surface area contributed by atoms with Gasteiger partial charge in [0.05, 0.1) is 24.2 Å². The number of halogens is 2. The SMILES string of the molecule is C=C(F)C(=O)N1CCN(c2nc(OCC3CCCN3C)nc3c2CCC(CCc2ccccc2C)C3F)CC1CC#N. The van der Waals surface area contributed by atoms with Crippen molar-refractivity contribution in [1.29, 1.82) is 5.26 Å². The van der Waals surface area contributed by atoms with Gasteiger partial charge in [-0.1, -0.05) is 30.8 Å². The average Bonchev–Trinajstić information content (AvgIpc) is 3.40. The number of hydrogen-bond donors (Lipinski definition) is 0. The molecule has 1 aliphatic carbocycles. The van der Waals surface area contributed by atoms with Gasteiger partial charge in [0.2, 0.25) is 0 Å². The van der Waals surface area contributed by atoms with Crippen molar-refractivity contribution in [1.82, 2.24) is 19.8 Å². The standard InChI is InChI=1S/C32H40F2N6O2/c1-21-7-4-5-8-23(21)10-11-24-12-13-27-29(28(24)34)36-32(42-20-26-9-6-16-38(26)3)37-30(27)39-17-18-40(31(41)22(2)33)25(19-39)14-15-35/h4-5,7-8,24-26,28H,2,6,9-14,16-20H2,1,3H3. The first kappa shape index (κ1) is 29.9. The highest BCUT2D eigenvalue weighted by Crippen LogP contribution is 2.43. The van der Waals surface area contributed by atoms with E-state index in [0.717, 1.165) is 31.4 Å². The van der Waals surface area contributed by atoms with Crippen LogP contribution >= 0.6 is 0 Å². The molecule has 4 atom stereocenters. The first-order chi connectivity index (χ1) is 20.3. The van der Waals surface area contributed by atoms with Crippen LogP contribution in [0.2, 0.25) is 0 Å². The van der Waals surface area contributed by atoms with E-state index in [4.69, 9.17) is 9.72 Å². The van der Waals surface area contributed by atoms with Crippen LogP contribution in [-0.4, -0.2) is 77.6 Å². The fourth-order valence-electron chi connectivity index (χ4n) is 6.60. The molecule has 1 amide bonds. The van der Waals surface area contributed by atoms with Gasteiger partial charge in [-0.3, -0.25) is 4.79 Å². The maximum absolute atomic E-state index is 16.3. The van der Waals surface area contributed by atoms with Crippen molar-refractivity contribution in [2.45, 2.75) is 70.1 Å². The Balaban J connectivity index is 1.41. The maximum atomic E-state index is 16.3. The number of likely N-dealkylation sites (tertiary alicyclic amines) is 1. The summed E-state index contributed by atoms with van der Waals surface area (Å²) < 4.78 is 36.2. The number of rotatable bonds is 9. The number of nitrogens with zero attached hydrogens (tertiary/aromatic N) is 6. The van der Waals surface area contributed by atoms with Crippen molar-refractivity contribution < 1.29 is 18.3 Å². The number of carbonyl (C=O) groups excluding carboxylic acids is 1. The first-order valence-electron chi connectivity index (χ1n) is 15.0. The van der Waals surface area contributed by atoms with Crippen LogP contribution in [-0.2, 0) is 17.6 Å². The lowest BCUT2D eigenvalue weighted by Crippen LogP contribution is -2.55. The molecule has 2 aromatic rings. The Morgan fingerprint density at radius 3 is 2.71 bits per heavy atom. The van der Waals surface area contributed by atoms with Gasteiger partial charge in [-0.05, 0) is 76.1 Å². The smallest absolute Gasteiger partial charge is 0.318 e. The number of anilines is 1. The summed E-state index contributed by atoms with van der Waals surface area (Å²) >= 11 is 0. The normalized spacial score (nSPS) is 24.3. The van der Waals surface area contributed by atoms with E-state index in [1.165, 1.54) is 16.0 Å². The van der Waals surface area contributed by atoms with E-state index in [2.05, 4.69) is 48.6 Å². The summed E-state index contributed by atoms with van der Waals surface area (Å²) in [6.07, 6.45) is 3.71. The lowest BCUT2D eigenvalue weighted by molar-refractivity contribution is -0.131. The lowest BCUT2D eigenvalue weighted by atomic mass is 9.81. The summed E-state index contributed by atoms with van der Waals surface area (Å²) in [5, 5.41) is 9.44. The topological polar surface area (TPSA) is 85.6 Å². The van der Waals surface area contributed by atoms with Gasteiger partial charge in [-0.15, -0.1) is 0 Å². The Hall–Kier alpha value is -3.58. The molecular weight excluding hydrogens is 538 g/mol. The summed E-state index contributed by atoms with van der Waals surface area (Å²) in [7, 11) is 2.07. The number of carbonyl (C=O) groups is 1. The largest absolute Gasteiger partial charge is 0.462 e. The predicted molar refractivity (Wildman–Crippen MR) is 157 cm³/mol.